The number of rotatable bonds is 5. The molecule has 0 radical (unpaired) electrons. The van der Waals surface area contributed by atoms with Crippen molar-refractivity contribution in [3.63, 3.8) is 0 Å². The number of hydrogen-bond donors (Lipinski definition) is 1. The van der Waals surface area contributed by atoms with Gasteiger partial charge in [-0.05, 0) is 30.7 Å². The molecule has 3 aromatic carbocycles. The van der Waals surface area contributed by atoms with Crippen LogP contribution in [0.4, 0.5) is 11.4 Å². The van der Waals surface area contributed by atoms with E-state index in [2.05, 4.69) is 10.3 Å². The highest BCUT2D eigenvalue weighted by Gasteiger charge is 2.35. The van der Waals surface area contributed by atoms with Crippen LogP contribution in [-0.2, 0) is 9.59 Å². The maximum Gasteiger partial charge on any atom is 0.279 e. The van der Waals surface area contributed by atoms with Crippen LogP contribution in [-0.4, -0.2) is 35.8 Å². The zero-order valence-electron chi connectivity index (χ0n) is 19.3. The predicted octanol–water partition coefficient (Wildman–Crippen LogP) is 4.29. The molecule has 0 aliphatic carbocycles. The molecule has 35 heavy (non-hydrogen) atoms. The molecular weight excluding hydrogens is 458 g/mol. The summed E-state index contributed by atoms with van der Waals surface area (Å²) in [5.41, 5.74) is 5.15. The molecule has 174 valence electrons. The van der Waals surface area contributed by atoms with Gasteiger partial charge in [0.15, 0.2) is 5.71 Å². The summed E-state index contributed by atoms with van der Waals surface area (Å²) in [5.74, 6) is -0.609. The summed E-state index contributed by atoms with van der Waals surface area (Å²) >= 11 is 1.45. The fraction of sp³-hybridized carbons (Fsp3) is 0.111. The van der Waals surface area contributed by atoms with Gasteiger partial charge in [0.05, 0.1) is 11.4 Å². The minimum atomic E-state index is -0.328. The lowest BCUT2D eigenvalue weighted by atomic mass is 10.1. The fourth-order valence-electron chi connectivity index (χ4n) is 4.04. The van der Waals surface area contributed by atoms with Gasteiger partial charge < -0.3 is 5.32 Å². The molecule has 0 saturated heterocycles. The van der Waals surface area contributed by atoms with Crippen molar-refractivity contribution in [3.8, 4) is 11.3 Å². The van der Waals surface area contributed by atoms with Crippen LogP contribution in [0.3, 0.4) is 0 Å². The van der Waals surface area contributed by atoms with Gasteiger partial charge in [0.25, 0.3) is 5.91 Å². The lowest BCUT2D eigenvalue weighted by Crippen LogP contribution is -2.37. The first-order chi connectivity index (χ1) is 17.0. The van der Waals surface area contributed by atoms with Crippen molar-refractivity contribution in [3.05, 3.63) is 100 Å². The molecule has 0 fully saturated rings. The van der Waals surface area contributed by atoms with Gasteiger partial charge in [-0.15, -0.1) is 11.3 Å². The van der Waals surface area contributed by atoms with Gasteiger partial charge >= 0.3 is 0 Å². The van der Waals surface area contributed by atoms with E-state index in [1.807, 2.05) is 91.2 Å². The molecule has 1 N–H and O–H groups in total. The Hall–Kier alpha value is -4.30. The maximum atomic E-state index is 13.6. The number of aryl methyl sites for hydroxylation is 1. The molecule has 0 saturated carbocycles. The molecule has 2 amide bonds. The standard InChI is InChI=1S/C27H23N5O2S/c1-18-9-8-12-20(15-18)29-24(33)16-31-22-14-7-6-13-21(22)25(26(31)34)30-32-23(17-35-27(32)28-2)19-10-4-3-5-11-19/h3-15,17H,16H2,1-2H3,(H,29,33)/b28-27?,30-25+. The number of aromatic nitrogens is 1. The number of carbonyl (C=O) groups is 2. The van der Waals surface area contributed by atoms with Crippen LogP contribution in [0, 0.1) is 6.92 Å². The van der Waals surface area contributed by atoms with Crippen molar-refractivity contribution >= 4 is 40.2 Å². The molecule has 1 aliphatic rings. The topological polar surface area (TPSA) is 79.1 Å². The molecule has 0 bridgehead atoms. The van der Waals surface area contributed by atoms with Crippen LogP contribution in [0.5, 0.6) is 0 Å². The van der Waals surface area contributed by atoms with Crippen molar-refractivity contribution in [1.29, 1.82) is 0 Å². The highest BCUT2D eigenvalue weighted by molar-refractivity contribution is 7.07. The average Bonchev–Trinajstić information content (AvgIpc) is 3.39. The van der Waals surface area contributed by atoms with Crippen LogP contribution < -0.4 is 15.0 Å². The number of hydrogen-bond acceptors (Lipinski definition) is 5. The van der Waals surface area contributed by atoms with Crippen molar-refractivity contribution < 1.29 is 9.59 Å². The van der Waals surface area contributed by atoms with Gasteiger partial charge in [-0.25, -0.2) is 4.68 Å². The van der Waals surface area contributed by atoms with E-state index in [4.69, 9.17) is 5.10 Å². The third-order valence-electron chi connectivity index (χ3n) is 5.65. The quantitative estimate of drug-likeness (QED) is 0.461. The van der Waals surface area contributed by atoms with Gasteiger partial charge in [-0.2, -0.15) is 5.10 Å². The molecule has 2 heterocycles. The number of amides is 2. The Morgan fingerprint density at radius 2 is 1.77 bits per heavy atom. The van der Waals surface area contributed by atoms with Gasteiger partial charge in [0, 0.05) is 29.2 Å². The van der Waals surface area contributed by atoms with E-state index in [1.54, 1.807) is 11.7 Å². The first-order valence-electron chi connectivity index (χ1n) is 11.1. The van der Waals surface area contributed by atoms with Gasteiger partial charge in [0.1, 0.15) is 6.54 Å². The maximum absolute atomic E-state index is 13.6. The molecular formula is C27H23N5O2S. The Bertz CT molecular complexity index is 1520. The highest BCUT2D eigenvalue weighted by Crippen LogP contribution is 2.30. The third kappa shape index (κ3) is 4.43. The number of nitrogens with one attached hydrogen (secondary N) is 1. The Balaban J connectivity index is 1.51. The first kappa shape index (κ1) is 22.5. The summed E-state index contributed by atoms with van der Waals surface area (Å²) in [6.45, 7) is 1.84. The molecule has 4 aromatic rings. The Morgan fingerprint density at radius 3 is 2.54 bits per heavy atom. The second-order valence-electron chi connectivity index (χ2n) is 8.08. The average molecular weight is 482 g/mol. The molecule has 7 nitrogen and oxygen atoms in total. The van der Waals surface area contributed by atoms with Gasteiger partial charge in [-0.1, -0.05) is 60.7 Å². The van der Waals surface area contributed by atoms with Crippen LogP contribution in [0.15, 0.2) is 94.3 Å². The number of benzene rings is 3. The zero-order valence-corrected chi connectivity index (χ0v) is 20.1. The monoisotopic (exact) mass is 481 g/mol. The summed E-state index contributed by atoms with van der Waals surface area (Å²) in [7, 11) is 1.70. The summed E-state index contributed by atoms with van der Waals surface area (Å²) in [6, 6.07) is 24.8. The van der Waals surface area contributed by atoms with E-state index in [0.717, 1.165) is 16.8 Å². The Kier molecular flexibility index (Phi) is 6.12. The molecule has 0 unspecified atom stereocenters. The second kappa shape index (κ2) is 9.52. The number of nitrogens with zero attached hydrogens (tertiary/aromatic N) is 4. The smallest absolute Gasteiger partial charge is 0.279 e. The van der Waals surface area contributed by atoms with E-state index in [9.17, 15) is 9.59 Å². The summed E-state index contributed by atoms with van der Waals surface area (Å²) < 4.78 is 1.69. The number of para-hydroxylation sites is 1. The number of carbonyl (C=O) groups excluding carboxylic acids is 2. The fourth-order valence-corrected chi connectivity index (χ4v) is 4.83. The molecule has 1 aliphatic heterocycles. The molecule has 1 aromatic heterocycles. The molecule has 5 rings (SSSR count). The SMILES string of the molecule is CN=c1scc(-c2ccccc2)n1/N=C1/C(=O)N(CC(=O)Nc2cccc(C)c2)c2ccccc21. The van der Waals surface area contributed by atoms with Crippen LogP contribution in [0.1, 0.15) is 11.1 Å². The predicted molar refractivity (Wildman–Crippen MR) is 140 cm³/mol. The first-order valence-corrected chi connectivity index (χ1v) is 12.0. The Morgan fingerprint density at radius 1 is 1.00 bits per heavy atom. The summed E-state index contributed by atoms with van der Waals surface area (Å²) in [4.78, 5) is 32.9. The zero-order chi connectivity index (χ0) is 24.4. The largest absolute Gasteiger partial charge is 0.325 e. The van der Waals surface area contributed by atoms with Gasteiger partial charge in [-0.3, -0.25) is 19.5 Å². The van der Waals surface area contributed by atoms with Crippen LogP contribution in [0.2, 0.25) is 0 Å². The van der Waals surface area contributed by atoms with E-state index in [-0.39, 0.29) is 24.1 Å². The van der Waals surface area contributed by atoms with E-state index < -0.39 is 0 Å². The molecule has 0 spiro atoms. The lowest BCUT2D eigenvalue weighted by molar-refractivity contribution is -0.118. The van der Waals surface area contributed by atoms with Crippen molar-refractivity contribution in [1.82, 2.24) is 4.68 Å². The van der Waals surface area contributed by atoms with Crippen molar-refractivity contribution in [2.75, 3.05) is 23.8 Å². The third-order valence-corrected chi connectivity index (χ3v) is 6.55. The number of fused-ring (bicyclic) bond motifs is 1. The summed E-state index contributed by atoms with van der Waals surface area (Å²) in [5, 5.41) is 9.62. The number of thiazole rings is 1. The molecule has 0 atom stereocenters. The van der Waals surface area contributed by atoms with E-state index in [1.165, 1.54) is 16.2 Å². The minimum Gasteiger partial charge on any atom is -0.325 e. The van der Waals surface area contributed by atoms with E-state index in [0.29, 0.717) is 21.7 Å². The normalized spacial score (nSPS) is 14.5. The summed E-state index contributed by atoms with van der Waals surface area (Å²) in [6.07, 6.45) is 0. The van der Waals surface area contributed by atoms with Crippen molar-refractivity contribution in [2.45, 2.75) is 6.92 Å². The number of anilines is 2. The van der Waals surface area contributed by atoms with Gasteiger partial charge in [0.2, 0.25) is 10.7 Å². The van der Waals surface area contributed by atoms with Crippen LogP contribution in [0.25, 0.3) is 11.3 Å². The van der Waals surface area contributed by atoms with Crippen molar-refractivity contribution in [2.24, 2.45) is 10.1 Å². The van der Waals surface area contributed by atoms with Crippen LogP contribution >= 0.6 is 11.3 Å². The highest BCUT2D eigenvalue weighted by atomic mass is 32.1. The molecule has 8 heteroatoms. The Labute approximate surface area is 206 Å². The lowest BCUT2D eigenvalue weighted by Gasteiger charge is -2.16. The van der Waals surface area contributed by atoms with E-state index >= 15 is 0 Å². The second-order valence-corrected chi connectivity index (χ2v) is 8.92. The minimum absolute atomic E-state index is 0.117.